The van der Waals surface area contributed by atoms with Crippen molar-refractivity contribution in [2.24, 2.45) is 5.92 Å². The number of carboxylic acids is 1. The van der Waals surface area contributed by atoms with Crippen LogP contribution in [0.4, 0.5) is 0 Å². The number of furan rings is 1. The fraction of sp³-hybridized carbons (Fsp3) is 0.647. The number of amides is 1. The summed E-state index contributed by atoms with van der Waals surface area (Å²) in [5, 5.41) is 9.04. The van der Waals surface area contributed by atoms with Crippen LogP contribution in [0.5, 0.6) is 0 Å². The molecule has 0 aliphatic heterocycles. The number of aromatic carboxylic acids is 1. The van der Waals surface area contributed by atoms with E-state index in [0.717, 1.165) is 25.7 Å². The molecule has 0 aromatic carbocycles. The Morgan fingerprint density at radius 1 is 1.23 bits per heavy atom. The van der Waals surface area contributed by atoms with E-state index in [0.29, 0.717) is 18.1 Å². The van der Waals surface area contributed by atoms with Crippen molar-refractivity contribution in [2.75, 3.05) is 7.05 Å². The zero-order valence-corrected chi connectivity index (χ0v) is 13.4. The number of carbonyl (C=O) groups excluding carboxylic acids is 1. The molecule has 5 heteroatoms. The van der Waals surface area contributed by atoms with Gasteiger partial charge in [0, 0.05) is 13.0 Å². The molecule has 1 heterocycles. The topological polar surface area (TPSA) is 70.8 Å². The molecule has 22 heavy (non-hydrogen) atoms. The van der Waals surface area contributed by atoms with Gasteiger partial charge in [0.2, 0.25) is 5.91 Å². The molecule has 1 N–H and O–H groups in total. The van der Waals surface area contributed by atoms with E-state index >= 15 is 0 Å². The number of aryl methyl sites for hydroxylation is 1. The number of carbonyl (C=O) groups is 2. The molecule has 1 saturated carbocycles. The molecule has 1 amide bonds. The van der Waals surface area contributed by atoms with E-state index < -0.39 is 5.97 Å². The molecule has 0 spiro atoms. The Morgan fingerprint density at radius 3 is 2.36 bits per heavy atom. The molecule has 2 rings (SSSR count). The summed E-state index contributed by atoms with van der Waals surface area (Å²) in [6.07, 6.45) is 7.86. The highest BCUT2D eigenvalue weighted by Crippen LogP contribution is 2.24. The predicted octanol–water partition coefficient (Wildman–Crippen LogP) is 3.61. The molecule has 0 radical (unpaired) electrons. The van der Waals surface area contributed by atoms with Crippen molar-refractivity contribution in [3.63, 3.8) is 0 Å². The molecule has 1 aromatic heterocycles. The van der Waals surface area contributed by atoms with Gasteiger partial charge < -0.3 is 14.4 Å². The van der Waals surface area contributed by atoms with Crippen LogP contribution in [0.2, 0.25) is 0 Å². The first kappa shape index (κ1) is 16.6. The first-order valence-electron chi connectivity index (χ1n) is 8.06. The van der Waals surface area contributed by atoms with E-state index in [4.69, 9.17) is 9.52 Å². The number of hydrogen-bond donors (Lipinski definition) is 1. The largest absolute Gasteiger partial charge is 0.478 e. The fourth-order valence-corrected chi connectivity index (χ4v) is 3.16. The Bertz CT molecular complexity index is 527. The average molecular weight is 307 g/mol. The molecule has 0 bridgehead atoms. The van der Waals surface area contributed by atoms with Crippen LogP contribution < -0.4 is 0 Å². The van der Waals surface area contributed by atoms with E-state index in [1.807, 2.05) is 0 Å². The third-order valence-electron chi connectivity index (χ3n) is 4.42. The molecule has 1 aromatic rings. The van der Waals surface area contributed by atoms with Crippen LogP contribution in [0.25, 0.3) is 0 Å². The number of hydrogen-bond acceptors (Lipinski definition) is 3. The molecule has 1 fully saturated rings. The van der Waals surface area contributed by atoms with Gasteiger partial charge in [-0.25, -0.2) is 4.79 Å². The van der Waals surface area contributed by atoms with Gasteiger partial charge in [-0.15, -0.1) is 0 Å². The van der Waals surface area contributed by atoms with Crippen LogP contribution in [0, 0.1) is 12.8 Å². The van der Waals surface area contributed by atoms with Crippen LogP contribution in [-0.2, 0) is 11.3 Å². The van der Waals surface area contributed by atoms with Gasteiger partial charge in [0.15, 0.2) is 0 Å². The minimum Gasteiger partial charge on any atom is -0.478 e. The van der Waals surface area contributed by atoms with Crippen molar-refractivity contribution in [2.45, 2.75) is 58.4 Å². The highest BCUT2D eigenvalue weighted by molar-refractivity contribution is 5.88. The highest BCUT2D eigenvalue weighted by atomic mass is 16.4. The Morgan fingerprint density at radius 2 is 1.82 bits per heavy atom. The van der Waals surface area contributed by atoms with E-state index in [1.54, 1.807) is 18.9 Å². The molecule has 0 atom stereocenters. The molecule has 0 unspecified atom stereocenters. The zero-order valence-electron chi connectivity index (χ0n) is 13.4. The van der Waals surface area contributed by atoms with Gasteiger partial charge in [0.05, 0.1) is 6.54 Å². The van der Waals surface area contributed by atoms with Crippen LogP contribution in [0.1, 0.15) is 66.8 Å². The van der Waals surface area contributed by atoms with Gasteiger partial charge in [-0.2, -0.15) is 0 Å². The number of carboxylic acid groups (broad SMARTS) is 1. The first-order chi connectivity index (χ1) is 10.5. The normalized spacial score (nSPS) is 16.8. The quantitative estimate of drug-likeness (QED) is 0.922. The fourth-order valence-electron chi connectivity index (χ4n) is 3.16. The van der Waals surface area contributed by atoms with Crippen LogP contribution in [0.3, 0.4) is 0 Å². The van der Waals surface area contributed by atoms with E-state index in [1.165, 1.54) is 25.3 Å². The lowest BCUT2D eigenvalue weighted by molar-refractivity contribution is -0.135. The van der Waals surface area contributed by atoms with Gasteiger partial charge in [-0.1, -0.05) is 32.1 Å². The maximum atomic E-state index is 12.6. The number of nitrogens with zero attached hydrogens (tertiary/aromatic N) is 1. The molecule has 122 valence electrons. The second kappa shape index (κ2) is 7.47. The van der Waals surface area contributed by atoms with Gasteiger partial charge >= 0.3 is 5.97 Å². The Balaban J connectivity index is 1.98. The minimum absolute atomic E-state index is 0.0975. The maximum absolute atomic E-state index is 12.6. The second-order valence-corrected chi connectivity index (χ2v) is 6.22. The Kier molecular flexibility index (Phi) is 5.63. The average Bonchev–Trinajstić information content (AvgIpc) is 2.78. The molecular formula is C17H25NO4. The van der Waals surface area contributed by atoms with Gasteiger partial charge in [0.25, 0.3) is 0 Å². The smallest absolute Gasteiger partial charge is 0.339 e. The monoisotopic (exact) mass is 307 g/mol. The third-order valence-corrected chi connectivity index (χ3v) is 4.42. The predicted molar refractivity (Wildman–Crippen MR) is 82.7 cm³/mol. The summed E-state index contributed by atoms with van der Waals surface area (Å²) in [6.45, 7) is 1.95. The molecule has 5 nitrogen and oxygen atoms in total. The maximum Gasteiger partial charge on any atom is 0.339 e. The second-order valence-electron chi connectivity index (χ2n) is 6.22. The van der Waals surface area contributed by atoms with Crippen molar-refractivity contribution in [1.82, 2.24) is 4.90 Å². The van der Waals surface area contributed by atoms with Crippen molar-refractivity contribution in [3.8, 4) is 0 Å². The molecule has 0 saturated heterocycles. The standard InChI is InChI=1S/C17H25NO4/c1-12-15(17(20)21)10-14(22-12)11-18(2)16(19)13-8-6-4-3-5-7-9-13/h10,13H,3-9,11H2,1-2H3,(H,20,21). The minimum atomic E-state index is -0.999. The lowest BCUT2D eigenvalue weighted by Gasteiger charge is -2.24. The Hall–Kier alpha value is -1.78. The van der Waals surface area contributed by atoms with Gasteiger partial charge in [-0.3, -0.25) is 4.79 Å². The van der Waals surface area contributed by atoms with E-state index in [2.05, 4.69) is 0 Å². The lowest BCUT2D eigenvalue weighted by atomic mass is 9.90. The molecular weight excluding hydrogens is 282 g/mol. The summed E-state index contributed by atoms with van der Waals surface area (Å²) in [7, 11) is 1.76. The number of rotatable bonds is 4. The summed E-state index contributed by atoms with van der Waals surface area (Å²) in [6, 6.07) is 1.51. The Labute approximate surface area is 131 Å². The first-order valence-corrected chi connectivity index (χ1v) is 8.06. The summed E-state index contributed by atoms with van der Waals surface area (Å²) in [5.41, 5.74) is 0.168. The van der Waals surface area contributed by atoms with Crippen molar-refractivity contribution in [1.29, 1.82) is 0 Å². The summed E-state index contributed by atoms with van der Waals surface area (Å²) in [4.78, 5) is 25.3. The van der Waals surface area contributed by atoms with Crippen molar-refractivity contribution < 1.29 is 19.1 Å². The van der Waals surface area contributed by atoms with Crippen LogP contribution in [-0.4, -0.2) is 28.9 Å². The summed E-state index contributed by atoms with van der Waals surface area (Å²) in [5.74, 6) is 0.153. The summed E-state index contributed by atoms with van der Waals surface area (Å²) < 4.78 is 5.45. The zero-order chi connectivity index (χ0) is 16.1. The van der Waals surface area contributed by atoms with Crippen LogP contribution >= 0.6 is 0 Å². The molecule has 1 aliphatic rings. The summed E-state index contributed by atoms with van der Waals surface area (Å²) >= 11 is 0. The van der Waals surface area contributed by atoms with Crippen molar-refractivity contribution >= 4 is 11.9 Å². The van der Waals surface area contributed by atoms with Crippen molar-refractivity contribution in [3.05, 3.63) is 23.2 Å². The third kappa shape index (κ3) is 4.12. The van der Waals surface area contributed by atoms with Crippen LogP contribution in [0.15, 0.2) is 10.5 Å². The SMILES string of the molecule is Cc1oc(CN(C)C(=O)C2CCCCCCC2)cc1C(=O)O. The molecule has 1 aliphatic carbocycles. The lowest BCUT2D eigenvalue weighted by Crippen LogP contribution is -2.32. The van der Waals surface area contributed by atoms with E-state index in [-0.39, 0.29) is 17.4 Å². The highest BCUT2D eigenvalue weighted by Gasteiger charge is 2.24. The van der Waals surface area contributed by atoms with Gasteiger partial charge in [-0.05, 0) is 25.8 Å². The van der Waals surface area contributed by atoms with E-state index in [9.17, 15) is 9.59 Å². The van der Waals surface area contributed by atoms with Gasteiger partial charge in [0.1, 0.15) is 17.1 Å².